The van der Waals surface area contributed by atoms with Gasteiger partial charge in [-0.25, -0.2) is 0 Å². The first-order chi connectivity index (χ1) is 11.2. The Bertz CT molecular complexity index is 686. The van der Waals surface area contributed by atoms with Crippen molar-refractivity contribution in [1.29, 1.82) is 0 Å². The Labute approximate surface area is 134 Å². The van der Waals surface area contributed by atoms with Crippen molar-refractivity contribution in [3.8, 4) is 0 Å². The summed E-state index contributed by atoms with van der Waals surface area (Å²) < 4.78 is 6.06. The van der Waals surface area contributed by atoms with E-state index in [0.717, 1.165) is 5.56 Å². The Morgan fingerprint density at radius 3 is 3.09 bits per heavy atom. The van der Waals surface area contributed by atoms with Gasteiger partial charge in [0.05, 0.1) is 18.6 Å². The van der Waals surface area contributed by atoms with Gasteiger partial charge in [-0.2, -0.15) is 5.21 Å². The monoisotopic (exact) mass is 313 g/mol. The summed E-state index contributed by atoms with van der Waals surface area (Å²) in [5, 5.41) is 14.2. The van der Waals surface area contributed by atoms with E-state index in [1.807, 2.05) is 25.1 Å². The molecule has 1 aromatic heterocycles. The van der Waals surface area contributed by atoms with Gasteiger partial charge in [0.2, 0.25) is 5.91 Å². The summed E-state index contributed by atoms with van der Waals surface area (Å²) in [6.07, 6.45) is 1.15. The first-order valence-corrected chi connectivity index (χ1v) is 7.49. The first kappa shape index (κ1) is 15.4. The van der Waals surface area contributed by atoms with E-state index in [-0.39, 0.29) is 17.9 Å². The lowest BCUT2D eigenvalue weighted by molar-refractivity contribution is -0.125. The molecule has 0 radical (unpaired) electrons. The van der Waals surface area contributed by atoms with Crippen LogP contribution in [-0.4, -0.2) is 50.6 Å². The van der Waals surface area contributed by atoms with Crippen molar-refractivity contribution >= 4 is 5.91 Å². The number of aromatic amines is 1. The lowest BCUT2D eigenvalue weighted by Gasteiger charge is -2.16. The fraction of sp³-hybridized carbons (Fsp3) is 0.375. The van der Waals surface area contributed by atoms with Crippen molar-refractivity contribution in [1.82, 2.24) is 25.5 Å². The summed E-state index contributed by atoms with van der Waals surface area (Å²) in [5.41, 5.74) is 2.29. The number of aromatic nitrogens is 4. The molecule has 3 rings (SSSR count). The van der Waals surface area contributed by atoms with Crippen LogP contribution < -0.4 is 0 Å². The van der Waals surface area contributed by atoms with E-state index in [4.69, 9.17) is 4.74 Å². The van der Waals surface area contributed by atoms with Crippen LogP contribution in [0, 0.1) is 6.92 Å². The zero-order chi connectivity index (χ0) is 16.2. The third kappa shape index (κ3) is 3.45. The van der Waals surface area contributed by atoms with Crippen LogP contribution in [0.25, 0.3) is 0 Å². The number of carbonyl (C=O) groups excluding carboxylic acids is 1. The molecular weight excluding hydrogens is 294 g/mol. The van der Waals surface area contributed by atoms with Gasteiger partial charge in [-0.1, -0.05) is 41.6 Å². The summed E-state index contributed by atoms with van der Waals surface area (Å²) in [7, 11) is 0. The molecule has 1 saturated heterocycles. The topological polar surface area (TPSA) is 84.0 Å². The van der Waals surface area contributed by atoms with Crippen LogP contribution in [-0.2, 0) is 16.1 Å². The van der Waals surface area contributed by atoms with Crippen molar-refractivity contribution in [3.63, 3.8) is 0 Å². The van der Waals surface area contributed by atoms with E-state index in [1.165, 1.54) is 11.6 Å². The quantitative estimate of drug-likeness (QED) is 0.839. The van der Waals surface area contributed by atoms with Crippen LogP contribution in [0.2, 0.25) is 0 Å². The lowest BCUT2D eigenvalue weighted by Crippen LogP contribution is -2.28. The molecule has 0 saturated carbocycles. The number of aryl methyl sites for hydroxylation is 1. The van der Waals surface area contributed by atoms with Crippen LogP contribution in [0.15, 0.2) is 36.9 Å². The van der Waals surface area contributed by atoms with E-state index in [1.54, 1.807) is 4.90 Å². The maximum atomic E-state index is 11.9. The molecule has 1 N–H and O–H groups in total. The lowest BCUT2D eigenvalue weighted by atomic mass is 10.1. The number of amides is 1. The highest BCUT2D eigenvalue weighted by Gasteiger charge is 2.38. The van der Waals surface area contributed by atoms with Crippen LogP contribution in [0.1, 0.15) is 22.9 Å². The van der Waals surface area contributed by atoms with Crippen LogP contribution >= 0.6 is 0 Å². The van der Waals surface area contributed by atoms with Gasteiger partial charge in [-0.15, -0.1) is 10.2 Å². The van der Waals surface area contributed by atoms with Gasteiger partial charge < -0.3 is 9.64 Å². The molecule has 1 fully saturated rings. The van der Waals surface area contributed by atoms with E-state index in [0.29, 0.717) is 25.5 Å². The van der Waals surface area contributed by atoms with Gasteiger partial charge in [-0.3, -0.25) is 4.79 Å². The minimum Gasteiger partial charge on any atom is -0.371 e. The smallest absolute Gasteiger partial charge is 0.246 e. The highest BCUT2D eigenvalue weighted by molar-refractivity contribution is 5.87. The number of H-pyrrole nitrogens is 1. The standard InChI is InChI=1S/C16H19N5O2/c1-3-15(22)21-8-13(16-17-19-20-18-16)14(9-21)23-10-12-6-4-5-11(2)7-12/h3-7,13-14H,1,8-10H2,2H3,(H,17,18,19,20)/t13-,14-/m1/s1. The fourth-order valence-electron chi connectivity index (χ4n) is 2.83. The normalized spacial score (nSPS) is 20.7. The molecule has 1 amide bonds. The molecule has 7 heteroatoms. The molecule has 23 heavy (non-hydrogen) atoms. The molecular formula is C16H19N5O2. The highest BCUT2D eigenvalue weighted by Crippen LogP contribution is 2.28. The Balaban J connectivity index is 1.72. The van der Waals surface area contributed by atoms with Crippen molar-refractivity contribution in [3.05, 3.63) is 53.9 Å². The van der Waals surface area contributed by atoms with Crippen LogP contribution in [0.3, 0.4) is 0 Å². The Morgan fingerprint density at radius 1 is 1.52 bits per heavy atom. The Morgan fingerprint density at radius 2 is 2.39 bits per heavy atom. The third-order valence-electron chi connectivity index (χ3n) is 3.99. The predicted octanol–water partition coefficient (Wildman–Crippen LogP) is 1.21. The molecule has 1 aliphatic rings. The number of nitrogens with one attached hydrogen (secondary N) is 1. The number of hydrogen-bond acceptors (Lipinski definition) is 5. The molecule has 0 spiro atoms. The van der Waals surface area contributed by atoms with Gasteiger partial charge in [0, 0.05) is 13.1 Å². The summed E-state index contributed by atoms with van der Waals surface area (Å²) in [6, 6.07) is 8.17. The molecule has 1 aliphatic heterocycles. The van der Waals surface area contributed by atoms with Crippen molar-refractivity contribution in [2.24, 2.45) is 0 Å². The van der Waals surface area contributed by atoms with Crippen molar-refractivity contribution < 1.29 is 9.53 Å². The second-order valence-electron chi connectivity index (χ2n) is 5.66. The Hall–Kier alpha value is -2.54. The third-order valence-corrected chi connectivity index (χ3v) is 3.99. The Kier molecular flexibility index (Phi) is 4.47. The maximum absolute atomic E-state index is 11.9. The second kappa shape index (κ2) is 6.70. The van der Waals surface area contributed by atoms with E-state index in [2.05, 4.69) is 33.3 Å². The molecule has 120 valence electrons. The maximum Gasteiger partial charge on any atom is 0.246 e. The van der Waals surface area contributed by atoms with E-state index >= 15 is 0 Å². The number of ether oxygens (including phenoxy) is 1. The fourth-order valence-corrected chi connectivity index (χ4v) is 2.83. The van der Waals surface area contributed by atoms with Gasteiger partial charge in [0.15, 0.2) is 5.82 Å². The van der Waals surface area contributed by atoms with Gasteiger partial charge >= 0.3 is 0 Å². The first-order valence-electron chi connectivity index (χ1n) is 7.49. The minimum atomic E-state index is -0.169. The van der Waals surface area contributed by atoms with Crippen molar-refractivity contribution in [2.75, 3.05) is 13.1 Å². The number of likely N-dealkylation sites (tertiary alicyclic amines) is 1. The van der Waals surface area contributed by atoms with E-state index in [9.17, 15) is 4.79 Å². The van der Waals surface area contributed by atoms with Crippen LogP contribution in [0.5, 0.6) is 0 Å². The second-order valence-corrected chi connectivity index (χ2v) is 5.66. The van der Waals surface area contributed by atoms with E-state index < -0.39 is 0 Å². The molecule has 7 nitrogen and oxygen atoms in total. The van der Waals surface area contributed by atoms with Gasteiger partial charge in [0.25, 0.3) is 0 Å². The molecule has 0 bridgehead atoms. The van der Waals surface area contributed by atoms with Gasteiger partial charge in [0.1, 0.15) is 0 Å². The largest absolute Gasteiger partial charge is 0.371 e. The minimum absolute atomic E-state index is 0.0949. The number of carbonyl (C=O) groups is 1. The number of tetrazole rings is 1. The number of nitrogens with zero attached hydrogens (tertiary/aromatic N) is 4. The molecule has 2 heterocycles. The zero-order valence-electron chi connectivity index (χ0n) is 13.0. The molecule has 0 aliphatic carbocycles. The summed E-state index contributed by atoms with van der Waals surface area (Å²) in [4.78, 5) is 13.6. The van der Waals surface area contributed by atoms with Gasteiger partial charge in [-0.05, 0) is 18.6 Å². The van der Waals surface area contributed by atoms with Crippen LogP contribution in [0.4, 0.5) is 0 Å². The number of rotatable bonds is 5. The number of hydrogen-bond donors (Lipinski definition) is 1. The molecule has 0 unspecified atom stereocenters. The summed E-state index contributed by atoms with van der Waals surface area (Å²) in [5.74, 6) is 0.362. The molecule has 2 atom stereocenters. The zero-order valence-corrected chi connectivity index (χ0v) is 13.0. The van der Waals surface area contributed by atoms with Crippen molar-refractivity contribution in [2.45, 2.75) is 25.6 Å². The molecule has 1 aromatic carbocycles. The summed E-state index contributed by atoms with van der Waals surface area (Å²) in [6.45, 7) is 7.07. The summed E-state index contributed by atoms with van der Waals surface area (Å²) >= 11 is 0. The average Bonchev–Trinajstić information content (AvgIpc) is 3.21. The predicted molar refractivity (Wildman–Crippen MR) is 83.5 cm³/mol. The molecule has 2 aromatic rings. The highest BCUT2D eigenvalue weighted by atomic mass is 16.5. The SMILES string of the molecule is C=CC(=O)N1C[C@@H](OCc2cccc(C)c2)[C@H](c2nn[nH]n2)C1. The average molecular weight is 313 g/mol. The number of benzene rings is 1.